The molecule has 40 heavy (non-hydrogen) atoms. The van der Waals surface area contributed by atoms with Gasteiger partial charge in [-0.05, 0) is 75.7 Å². The molecule has 1 N–H and O–H groups in total. The Morgan fingerprint density at radius 3 is 2.20 bits per heavy atom. The van der Waals surface area contributed by atoms with Gasteiger partial charge in [0.05, 0.1) is 17.7 Å². The average molecular weight is 607 g/mol. The first-order valence-electron chi connectivity index (χ1n) is 12.5. The van der Waals surface area contributed by atoms with Gasteiger partial charge in [0.1, 0.15) is 18.3 Å². The Morgan fingerprint density at radius 1 is 0.950 bits per heavy atom. The number of rotatable bonds is 10. The number of halogens is 2. The fourth-order valence-corrected chi connectivity index (χ4v) is 5.80. The van der Waals surface area contributed by atoms with Crippen LogP contribution in [0, 0.1) is 0 Å². The van der Waals surface area contributed by atoms with Gasteiger partial charge in [0.15, 0.2) is 0 Å². The van der Waals surface area contributed by atoms with Gasteiger partial charge in [0, 0.05) is 22.1 Å². The number of amides is 2. The number of carbonyl (C=O) groups excluding carboxylic acids is 2. The van der Waals surface area contributed by atoms with Crippen LogP contribution in [0.15, 0.2) is 77.7 Å². The highest BCUT2D eigenvalue weighted by Gasteiger charge is 2.34. The van der Waals surface area contributed by atoms with Gasteiger partial charge in [-0.25, -0.2) is 8.42 Å². The Kier molecular flexibility index (Phi) is 10.1. The van der Waals surface area contributed by atoms with Crippen LogP contribution in [0.2, 0.25) is 10.0 Å². The van der Waals surface area contributed by atoms with Crippen LogP contribution in [0.5, 0.6) is 5.75 Å². The van der Waals surface area contributed by atoms with Crippen molar-refractivity contribution in [3.8, 4) is 5.75 Å². The maximum atomic E-state index is 14.0. The van der Waals surface area contributed by atoms with Gasteiger partial charge < -0.3 is 15.0 Å². The van der Waals surface area contributed by atoms with Crippen molar-refractivity contribution >= 4 is 50.7 Å². The number of hydrogen-bond acceptors (Lipinski definition) is 5. The van der Waals surface area contributed by atoms with Gasteiger partial charge in [-0.15, -0.1) is 0 Å². The Bertz CT molecular complexity index is 1460. The van der Waals surface area contributed by atoms with E-state index in [2.05, 4.69) is 5.32 Å². The summed E-state index contributed by atoms with van der Waals surface area (Å²) in [4.78, 5) is 28.5. The van der Waals surface area contributed by atoms with E-state index in [1.54, 1.807) is 55.5 Å². The number of methoxy groups -OCH3 is 1. The summed E-state index contributed by atoms with van der Waals surface area (Å²) in [5.74, 6) is -0.796. The van der Waals surface area contributed by atoms with Gasteiger partial charge in [-0.3, -0.25) is 13.9 Å². The minimum Gasteiger partial charge on any atom is -0.495 e. The third kappa shape index (κ3) is 7.90. The van der Waals surface area contributed by atoms with E-state index in [1.165, 1.54) is 36.3 Å². The minimum absolute atomic E-state index is 0.0179. The standard InChI is InChI=1S/C29H33Cl2N3O5S/c1-20(28(36)32-29(2,3)4)33(18-21-10-9-11-22(30)16-21)27(35)19-34(25-17-23(31)14-15-26(25)39-5)40(37,38)24-12-7-6-8-13-24/h6-17,20H,18-19H2,1-5H3,(H,32,36)/t20-/m0/s1. The summed E-state index contributed by atoms with van der Waals surface area (Å²) in [5, 5.41) is 3.61. The number of sulfonamides is 1. The van der Waals surface area contributed by atoms with E-state index >= 15 is 0 Å². The predicted molar refractivity (Wildman–Crippen MR) is 158 cm³/mol. The smallest absolute Gasteiger partial charge is 0.264 e. The van der Waals surface area contributed by atoms with Crippen LogP contribution in [-0.4, -0.2) is 50.4 Å². The topological polar surface area (TPSA) is 96.0 Å². The van der Waals surface area contributed by atoms with E-state index in [-0.39, 0.29) is 33.8 Å². The third-order valence-corrected chi connectivity index (χ3v) is 8.17. The number of ether oxygens (including phenoxy) is 1. The molecule has 0 saturated carbocycles. The molecule has 0 fully saturated rings. The Hall–Kier alpha value is -3.27. The molecule has 0 radical (unpaired) electrons. The zero-order valence-corrected chi connectivity index (χ0v) is 25.3. The minimum atomic E-state index is -4.26. The third-order valence-electron chi connectivity index (χ3n) is 5.93. The van der Waals surface area contributed by atoms with Crippen molar-refractivity contribution in [2.45, 2.75) is 50.7 Å². The highest BCUT2D eigenvalue weighted by molar-refractivity contribution is 7.92. The van der Waals surface area contributed by atoms with Crippen molar-refractivity contribution < 1.29 is 22.7 Å². The maximum absolute atomic E-state index is 14.0. The second-order valence-electron chi connectivity index (χ2n) is 10.2. The number of benzene rings is 3. The average Bonchev–Trinajstić information content (AvgIpc) is 2.89. The zero-order chi connectivity index (χ0) is 29.7. The first kappa shape index (κ1) is 31.3. The second kappa shape index (κ2) is 12.9. The van der Waals surface area contributed by atoms with E-state index in [4.69, 9.17) is 27.9 Å². The molecule has 0 spiro atoms. The van der Waals surface area contributed by atoms with Crippen molar-refractivity contribution in [3.05, 3.63) is 88.4 Å². The van der Waals surface area contributed by atoms with Crippen molar-refractivity contribution in [2.24, 2.45) is 0 Å². The van der Waals surface area contributed by atoms with Crippen LogP contribution in [0.4, 0.5) is 5.69 Å². The van der Waals surface area contributed by atoms with E-state index in [1.807, 2.05) is 20.8 Å². The summed E-state index contributed by atoms with van der Waals surface area (Å²) < 4.78 is 34.2. The normalized spacial score (nSPS) is 12.4. The van der Waals surface area contributed by atoms with E-state index < -0.39 is 34.1 Å². The molecule has 2 amide bonds. The van der Waals surface area contributed by atoms with Gasteiger partial charge in [0.2, 0.25) is 11.8 Å². The lowest BCUT2D eigenvalue weighted by Crippen LogP contribution is -2.54. The van der Waals surface area contributed by atoms with Gasteiger partial charge in [0.25, 0.3) is 10.0 Å². The summed E-state index contributed by atoms with van der Waals surface area (Å²) in [6.45, 7) is 6.49. The molecule has 3 rings (SSSR count). The van der Waals surface area contributed by atoms with Crippen molar-refractivity contribution in [1.29, 1.82) is 0 Å². The number of nitrogens with zero attached hydrogens (tertiary/aromatic N) is 2. The van der Waals surface area contributed by atoms with E-state index in [0.717, 1.165) is 4.31 Å². The Morgan fingerprint density at radius 2 is 1.60 bits per heavy atom. The molecule has 3 aromatic rings. The number of nitrogens with one attached hydrogen (secondary N) is 1. The monoisotopic (exact) mass is 605 g/mol. The largest absolute Gasteiger partial charge is 0.495 e. The molecular weight excluding hydrogens is 573 g/mol. The summed E-state index contributed by atoms with van der Waals surface area (Å²) >= 11 is 12.4. The van der Waals surface area contributed by atoms with Crippen LogP contribution >= 0.6 is 23.2 Å². The highest BCUT2D eigenvalue weighted by atomic mass is 35.5. The SMILES string of the molecule is COc1ccc(Cl)cc1N(CC(=O)N(Cc1cccc(Cl)c1)[C@@H](C)C(=O)NC(C)(C)C)S(=O)(=O)c1ccccc1. The molecular formula is C29H33Cl2N3O5S. The molecule has 0 aliphatic carbocycles. The molecule has 0 aromatic heterocycles. The number of anilines is 1. The molecule has 0 aliphatic heterocycles. The molecule has 1 atom stereocenters. The number of hydrogen-bond donors (Lipinski definition) is 1. The van der Waals surface area contributed by atoms with Crippen molar-refractivity contribution in [1.82, 2.24) is 10.2 Å². The Balaban J connectivity index is 2.10. The summed E-state index contributed by atoms with van der Waals surface area (Å²) in [6.07, 6.45) is 0. The molecule has 8 nitrogen and oxygen atoms in total. The molecule has 214 valence electrons. The van der Waals surface area contributed by atoms with Gasteiger partial charge in [-0.1, -0.05) is 53.5 Å². The Labute approximate surface area is 245 Å². The van der Waals surface area contributed by atoms with Crippen LogP contribution in [-0.2, 0) is 26.2 Å². The van der Waals surface area contributed by atoms with Crippen LogP contribution < -0.4 is 14.4 Å². The molecule has 0 aliphatic rings. The molecule has 11 heteroatoms. The van der Waals surface area contributed by atoms with Gasteiger partial charge >= 0.3 is 0 Å². The fourth-order valence-electron chi connectivity index (χ4n) is 3.98. The first-order chi connectivity index (χ1) is 18.7. The fraction of sp³-hybridized carbons (Fsp3) is 0.310. The van der Waals surface area contributed by atoms with Crippen LogP contribution in [0.25, 0.3) is 0 Å². The molecule has 0 bridgehead atoms. The van der Waals surface area contributed by atoms with Crippen LogP contribution in [0.1, 0.15) is 33.3 Å². The maximum Gasteiger partial charge on any atom is 0.264 e. The highest BCUT2D eigenvalue weighted by Crippen LogP contribution is 2.35. The summed E-state index contributed by atoms with van der Waals surface area (Å²) in [6, 6.07) is 18.2. The van der Waals surface area contributed by atoms with E-state index in [0.29, 0.717) is 10.6 Å². The molecule has 0 unspecified atom stereocenters. The van der Waals surface area contributed by atoms with E-state index in [9.17, 15) is 18.0 Å². The molecule has 3 aromatic carbocycles. The lowest BCUT2D eigenvalue weighted by molar-refractivity contribution is -0.140. The molecule has 0 heterocycles. The summed E-state index contributed by atoms with van der Waals surface area (Å²) in [5.41, 5.74) is 0.211. The lowest BCUT2D eigenvalue weighted by Gasteiger charge is -2.33. The molecule has 0 saturated heterocycles. The van der Waals surface area contributed by atoms with Crippen molar-refractivity contribution in [2.75, 3.05) is 18.0 Å². The summed E-state index contributed by atoms with van der Waals surface area (Å²) in [7, 11) is -2.87. The van der Waals surface area contributed by atoms with Crippen molar-refractivity contribution in [3.63, 3.8) is 0 Å². The number of carbonyl (C=O) groups is 2. The quantitative estimate of drug-likeness (QED) is 0.328. The van der Waals surface area contributed by atoms with Gasteiger partial charge in [-0.2, -0.15) is 0 Å². The zero-order valence-electron chi connectivity index (χ0n) is 23.0. The second-order valence-corrected chi connectivity index (χ2v) is 12.9. The first-order valence-corrected chi connectivity index (χ1v) is 14.7. The van der Waals surface area contributed by atoms with Crippen LogP contribution in [0.3, 0.4) is 0 Å². The lowest BCUT2D eigenvalue weighted by atomic mass is 10.1. The predicted octanol–water partition coefficient (Wildman–Crippen LogP) is 5.53.